The highest BCUT2D eigenvalue weighted by atomic mass is 79.9. The highest BCUT2D eigenvalue weighted by Gasteiger charge is 2.11. The molecule has 0 atom stereocenters. The van der Waals surface area contributed by atoms with E-state index in [0.29, 0.717) is 5.92 Å². The zero-order valence-corrected chi connectivity index (χ0v) is 13.6. The van der Waals surface area contributed by atoms with E-state index >= 15 is 0 Å². The number of aromatic nitrogens is 2. The lowest BCUT2D eigenvalue weighted by Gasteiger charge is -2.10. The molecular formula is C14H17BrClN3. The summed E-state index contributed by atoms with van der Waals surface area (Å²) < 4.78 is 2.83. The molecule has 0 aliphatic carbocycles. The van der Waals surface area contributed by atoms with Crippen LogP contribution in [0.4, 0.5) is 5.69 Å². The van der Waals surface area contributed by atoms with Crippen molar-refractivity contribution in [1.82, 2.24) is 9.78 Å². The van der Waals surface area contributed by atoms with Crippen LogP contribution in [0.25, 0.3) is 0 Å². The molecule has 0 amide bonds. The summed E-state index contributed by atoms with van der Waals surface area (Å²) in [6, 6.07) is 5.73. The van der Waals surface area contributed by atoms with E-state index in [1.54, 1.807) is 0 Å². The van der Waals surface area contributed by atoms with Gasteiger partial charge in [0, 0.05) is 40.5 Å². The Kier molecular flexibility index (Phi) is 4.53. The van der Waals surface area contributed by atoms with Gasteiger partial charge in [-0.15, -0.1) is 0 Å². The molecule has 1 N–H and O–H groups in total. The Balaban J connectivity index is 2.14. The van der Waals surface area contributed by atoms with Gasteiger partial charge in [-0.2, -0.15) is 5.10 Å². The second kappa shape index (κ2) is 5.97. The van der Waals surface area contributed by atoms with E-state index < -0.39 is 0 Å². The molecule has 1 aromatic heterocycles. The molecule has 1 aromatic carbocycles. The minimum atomic E-state index is 0.423. The number of aryl methyl sites for hydroxylation is 1. The van der Waals surface area contributed by atoms with Gasteiger partial charge in [0.05, 0.1) is 5.69 Å². The third-order valence-electron chi connectivity index (χ3n) is 2.88. The quantitative estimate of drug-likeness (QED) is 0.882. The zero-order chi connectivity index (χ0) is 14.0. The molecule has 1 heterocycles. The first-order chi connectivity index (χ1) is 8.97. The average Bonchev–Trinajstić information content (AvgIpc) is 2.69. The Labute approximate surface area is 127 Å². The monoisotopic (exact) mass is 341 g/mol. The first-order valence-corrected chi connectivity index (χ1v) is 7.36. The van der Waals surface area contributed by atoms with Crippen LogP contribution in [-0.2, 0) is 13.6 Å². The van der Waals surface area contributed by atoms with Crippen molar-refractivity contribution in [3.63, 3.8) is 0 Å². The van der Waals surface area contributed by atoms with Gasteiger partial charge in [-0.05, 0) is 40.0 Å². The highest BCUT2D eigenvalue weighted by Crippen LogP contribution is 2.27. The van der Waals surface area contributed by atoms with E-state index in [1.165, 1.54) is 5.56 Å². The minimum Gasteiger partial charge on any atom is -0.380 e. The maximum absolute atomic E-state index is 5.93. The molecule has 0 radical (unpaired) electrons. The normalized spacial score (nSPS) is 11.1. The lowest BCUT2D eigenvalue weighted by molar-refractivity contribution is 0.712. The van der Waals surface area contributed by atoms with Crippen LogP contribution in [0, 0.1) is 0 Å². The summed E-state index contributed by atoms with van der Waals surface area (Å²) in [7, 11) is 1.95. The van der Waals surface area contributed by atoms with Crippen molar-refractivity contribution < 1.29 is 0 Å². The molecule has 3 nitrogen and oxygen atoms in total. The summed E-state index contributed by atoms with van der Waals surface area (Å²) in [5.74, 6) is 0.423. The first-order valence-electron chi connectivity index (χ1n) is 6.18. The van der Waals surface area contributed by atoms with Crippen LogP contribution < -0.4 is 5.32 Å². The number of benzene rings is 1. The number of halogens is 2. The zero-order valence-electron chi connectivity index (χ0n) is 11.2. The summed E-state index contributed by atoms with van der Waals surface area (Å²) in [6.45, 7) is 5.07. The third-order valence-corrected chi connectivity index (χ3v) is 3.78. The molecule has 5 heteroatoms. The van der Waals surface area contributed by atoms with Crippen molar-refractivity contribution in [1.29, 1.82) is 0 Å². The molecule has 2 rings (SSSR count). The number of rotatable bonds is 4. The van der Waals surface area contributed by atoms with Gasteiger partial charge in [-0.3, -0.25) is 4.68 Å². The smallest absolute Gasteiger partial charge is 0.0699 e. The van der Waals surface area contributed by atoms with Crippen molar-refractivity contribution in [3.8, 4) is 0 Å². The van der Waals surface area contributed by atoms with Gasteiger partial charge in [0.2, 0.25) is 0 Å². The van der Waals surface area contributed by atoms with Gasteiger partial charge < -0.3 is 5.32 Å². The largest absolute Gasteiger partial charge is 0.380 e. The van der Waals surface area contributed by atoms with E-state index in [4.69, 9.17) is 11.6 Å². The summed E-state index contributed by atoms with van der Waals surface area (Å²) >= 11 is 9.44. The molecule has 0 unspecified atom stereocenters. The van der Waals surface area contributed by atoms with Crippen molar-refractivity contribution in [2.24, 2.45) is 7.05 Å². The SMILES string of the molecule is CC(C)c1nn(C)cc1CNc1ccc(Cl)cc1Br. The van der Waals surface area contributed by atoms with Gasteiger partial charge in [-0.1, -0.05) is 25.4 Å². The van der Waals surface area contributed by atoms with Gasteiger partial charge in [-0.25, -0.2) is 0 Å². The van der Waals surface area contributed by atoms with Crippen LogP contribution in [0.5, 0.6) is 0 Å². The first kappa shape index (κ1) is 14.4. The summed E-state index contributed by atoms with van der Waals surface area (Å²) in [5.41, 5.74) is 3.39. The molecule has 0 aliphatic rings. The van der Waals surface area contributed by atoms with Gasteiger partial charge in [0.25, 0.3) is 0 Å². The lowest BCUT2D eigenvalue weighted by atomic mass is 10.1. The number of hydrogen-bond acceptors (Lipinski definition) is 2. The Hall–Kier alpha value is -1.000. The van der Waals surface area contributed by atoms with Gasteiger partial charge in [0.15, 0.2) is 0 Å². The molecule has 0 saturated carbocycles. The predicted molar refractivity (Wildman–Crippen MR) is 83.8 cm³/mol. The Morgan fingerprint density at radius 2 is 2.16 bits per heavy atom. The molecule has 2 aromatic rings. The van der Waals surface area contributed by atoms with Crippen molar-refractivity contribution in [2.75, 3.05) is 5.32 Å². The van der Waals surface area contributed by atoms with Crippen LogP contribution >= 0.6 is 27.5 Å². The number of nitrogens with zero attached hydrogens (tertiary/aromatic N) is 2. The highest BCUT2D eigenvalue weighted by molar-refractivity contribution is 9.10. The topological polar surface area (TPSA) is 29.9 Å². The minimum absolute atomic E-state index is 0.423. The molecular weight excluding hydrogens is 326 g/mol. The van der Waals surface area contributed by atoms with E-state index in [-0.39, 0.29) is 0 Å². The van der Waals surface area contributed by atoms with Crippen molar-refractivity contribution in [2.45, 2.75) is 26.3 Å². The molecule has 0 spiro atoms. The number of hydrogen-bond donors (Lipinski definition) is 1. The van der Waals surface area contributed by atoms with Crippen LogP contribution in [0.15, 0.2) is 28.9 Å². The fourth-order valence-corrected chi connectivity index (χ4v) is 2.82. The Morgan fingerprint density at radius 1 is 1.42 bits per heavy atom. The van der Waals surface area contributed by atoms with Crippen LogP contribution in [0.1, 0.15) is 31.0 Å². The molecule has 102 valence electrons. The van der Waals surface area contributed by atoms with Crippen molar-refractivity contribution in [3.05, 3.63) is 45.1 Å². The number of nitrogens with one attached hydrogen (secondary N) is 1. The van der Waals surface area contributed by atoms with E-state index in [1.807, 2.05) is 29.9 Å². The van der Waals surface area contributed by atoms with Crippen LogP contribution in [0.2, 0.25) is 5.02 Å². The average molecular weight is 343 g/mol. The molecule has 0 fully saturated rings. The predicted octanol–water partition coefficient (Wildman–Crippen LogP) is 4.57. The molecule has 0 saturated heterocycles. The van der Waals surface area contributed by atoms with E-state index in [2.05, 4.69) is 46.4 Å². The standard InChI is InChI=1S/C14H17BrClN3/c1-9(2)14-10(8-19(3)18-14)7-17-13-5-4-11(16)6-12(13)15/h4-6,8-9,17H,7H2,1-3H3. The van der Waals surface area contributed by atoms with Crippen LogP contribution in [-0.4, -0.2) is 9.78 Å². The molecule has 19 heavy (non-hydrogen) atoms. The van der Waals surface area contributed by atoms with Gasteiger partial charge in [0.1, 0.15) is 0 Å². The van der Waals surface area contributed by atoms with Gasteiger partial charge >= 0.3 is 0 Å². The maximum atomic E-state index is 5.93. The van der Waals surface area contributed by atoms with Crippen molar-refractivity contribution >= 4 is 33.2 Å². The van der Waals surface area contributed by atoms with Crippen LogP contribution in [0.3, 0.4) is 0 Å². The Morgan fingerprint density at radius 3 is 2.79 bits per heavy atom. The second-order valence-corrected chi connectivity index (χ2v) is 6.14. The molecule has 0 bridgehead atoms. The third kappa shape index (κ3) is 3.51. The van der Waals surface area contributed by atoms with E-state index in [0.717, 1.165) is 27.4 Å². The fourth-order valence-electron chi connectivity index (χ4n) is 2.00. The maximum Gasteiger partial charge on any atom is 0.0699 e. The lowest BCUT2D eigenvalue weighted by Crippen LogP contribution is -2.03. The Bertz CT molecular complexity index is 578. The summed E-state index contributed by atoms with van der Waals surface area (Å²) in [6.07, 6.45) is 2.06. The van der Waals surface area contributed by atoms with E-state index in [9.17, 15) is 0 Å². The number of anilines is 1. The second-order valence-electron chi connectivity index (χ2n) is 4.85. The fraction of sp³-hybridized carbons (Fsp3) is 0.357. The molecule has 0 aliphatic heterocycles. The summed E-state index contributed by atoms with van der Waals surface area (Å²) in [5, 5.41) is 8.63. The summed E-state index contributed by atoms with van der Waals surface area (Å²) in [4.78, 5) is 0.